The summed E-state index contributed by atoms with van der Waals surface area (Å²) >= 11 is 5.24. The third kappa shape index (κ3) is 2.09. The largest absolute Gasteiger partial charge is 0.359 e. The van der Waals surface area contributed by atoms with Crippen molar-refractivity contribution in [3.8, 4) is 0 Å². The maximum absolute atomic E-state index is 5.24. The summed E-state index contributed by atoms with van der Waals surface area (Å²) in [6.07, 6.45) is 1.95. The van der Waals surface area contributed by atoms with Crippen LogP contribution in [0.3, 0.4) is 0 Å². The van der Waals surface area contributed by atoms with E-state index >= 15 is 0 Å². The van der Waals surface area contributed by atoms with E-state index in [0.29, 0.717) is 12.5 Å². The van der Waals surface area contributed by atoms with Crippen molar-refractivity contribution >= 4 is 12.2 Å². The Kier molecular flexibility index (Phi) is 2.96. The summed E-state index contributed by atoms with van der Waals surface area (Å²) in [5.74, 6) is 1.26. The first-order valence-electron chi connectivity index (χ1n) is 5.28. The third-order valence-electron chi connectivity index (χ3n) is 2.48. The molecule has 0 aliphatic carbocycles. The van der Waals surface area contributed by atoms with Crippen LogP contribution in [0.25, 0.3) is 0 Å². The van der Waals surface area contributed by atoms with Crippen molar-refractivity contribution in [2.75, 3.05) is 0 Å². The molecule has 0 atom stereocenters. The highest BCUT2D eigenvalue weighted by atomic mass is 32.1. The molecule has 16 heavy (non-hydrogen) atoms. The van der Waals surface area contributed by atoms with Gasteiger partial charge in [-0.05, 0) is 25.1 Å². The first kappa shape index (κ1) is 11.1. The Hall–Kier alpha value is -1.36. The minimum absolute atomic E-state index is 0.428. The highest BCUT2D eigenvalue weighted by Gasteiger charge is 2.10. The SMILES string of the molecule is Cc1cc(Cn2c(C(C)C)c[nH]c2=S)on1. The van der Waals surface area contributed by atoms with Crippen LogP contribution in [0.4, 0.5) is 0 Å². The number of aromatic amines is 1. The van der Waals surface area contributed by atoms with E-state index < -0.39 is 0 Å². The zero-order chi connectivity index (χ0) is 11.7. The van der Waals surface area contributed by atoms with Crippen molar-refractivity contribution in [3.05, 3.63) is 34.2 Å². The van der Waals surface area contributed by atoms with E-state index in [4.69, 9.17) is 16.7 Å². The third-order valence-corrected chi connectivity index (χ3v) is 2.82. The molecule has 2 aromatic rings. The highest BCUT2D eigenvalue weighted by molar-refractivity contribution is 7.71. The van der Waals surface area contributed by atoms with Gasteiger partial charge >= 0.3 is 0 Å². The lowest BCUT2D eigenvalue weighted by Crippen LogP contribution is -2.05. The Morgan fingerprint density at radius 3 is 2.88 bits per heavy atom. The topological polar surface area (TPSA) is 46.8 Å². The van der Waals surface area contributed by atoms with Gasteiger partial charge in [-0.25, -0.2) is 0 Å². The zero-order valence-corrected chi connectivity index (χ0v) is 10.5. The van der Waals surface area contributed by atoms with Crippen LogP contribution in [-0.2, 0) is 6.54 Å². The Balaban J connectivity index is 2.33. The van der Waals surface area contributed by atoms with Crippen molar-refractivity contribution in [3.63, 3.8) is 0 Å². The molecule has 86 valence electrons. The normalized spacial score (nSPS) is 11.2. The number of hydrogen-bond donors (Lipinski definition) is 1. The molecule has 0 fully saturated rings. The van der Waals surface area contributed by atoms with Crippen molar-refractivity contribution in [1.29, 1.82) is 0 Å². The van der Waals surface area contributed by atoms with Gasteiger partial charge in [-0.2, -0.15) is 0 Å². The number of H-pyrrole nitrogens is 1. The molecular formula is C11H15N3OS. The molecule has 0 bridgehead atoms. The Labute approximate surface area is 99.3 Å². The molecule has 2 heterocycles. The molecule has 0 aromatic carbocycles. The average Bonchev–Trinajstić information content (AvgIpc) is 2.76. The van der Waals surface area contributed by atoms with Crippen molar-refractivity contribution < 1.29 is 4.52 Å². The van der Waals surface area contributed by atoms with Gasteiger partial charge in [-0.1, -0.05) is 19.0 Å². The maximum atomic E-state index is 5.24. The Morgan fingerprint density at radius 1 is 1.56 bits per heavy atom. The van der Waals surface area contributed by atoms with Gasteiger partial charge in [-0.15, -0.1) is 0 Å². The van der Waals surface area contributed by atoms with Crippen LogP contribution in [0.2, 0.25) is 0 Å². The summed E-state index contributed by atoms with van der Waals surface area (Å²) in [6, 6.07) is 1.93. The minimum Gasteiger partial charge on any atom is -0.359 e. The van der Waals surface area contributed by atoms with Gasteiger partial charge in [0.25, 0.3) is 0 Å². The number of nitrogens with zero attached hydrogens (tertiary/aromatic N) is 2. The van der Waals surface area contributed by atoms with E-state index in [-0.39, 0.29) is 0 Å². The summed E-state index contributed by atoms with van der Waals surface area (Å²) in [6.45, 7) is 6.82. The summed E-state index contributed by atoms with van der Waals surface area (Å²) in [5.41, 5.74) is 2.07. The first-order valence-corrected chi connectivity index (χ1v) is 5.69. The van der Waals surface area contributed by atoms with Crippen LogP contribution in [0, 0.1) is 11.7 Å². The molecule has 0 saturated heterocycles. The molecule has 0 aliphatic rings. The van der Waals surface area contributed by atoms with Gasteiger partial charge in [0.1, 0.15) is 0 Å². The molecule has 0 amide bonds. The standard InChI is InChI=1S/C11H15N3OS/c1-7(2)10-5-12-11(16)14(10)6-9-4-8(3)13-15-9/h4-5,7H,6H2,1-3H3,(H,12,16). The lowest BCUT2D eigenvalue weighted by atomic mass is 10.1. The van der Waals surface area contributed by atoms with Gasteiger partial charge < -0.3 is 14.1 Å². The molecule has 5 heteroatoms. The monoisotopic (exact) mass is 237 g/mol. The van der Waals surface area contributed by atoms with Crippen LogP contribution < -0.4 is 0 Å². The molecule has 0 aliphatic heterocycles. The van der Waals surface area contributed by atoms with E-state index in [9.17, 15) is 0 Å². The molecular weight excluding hydrogens is 222 g/mol. The van der Waals surface area contributed by atoms with Crippen LogP contribution in [0.1, 0.15) is 36.9 Å². The highest BCUT2D eigenvalue weighted by Crippen LogP contribution is 2.16. The van der Waals surface area contributed by atoms with Crippen molar-refractivity contribution in [1.82, 2.24) is 14.7 Å². The van der Waals surface area contributed by atoms with Gasteiger partial charge in [0, 0.05) is 18.0 Å². The molecule has 1 N–H and O–H groups in total. The molecule has 0 saturated carbocycles. The fourth-order valence-corrected chi connectivity index (χ4v) is 1.93. The van der Waals surface area contributed by atoms with E-state index in [1.165, 1.54) is 5.69 Å². The number of rotatable bonds is 3. The van der Waals surface area contributed by atoms with Crippen LogP contribution in [-0.4, -0.2) is 14.7 Å². The molecule has 0 unspecified atom stereocenters. The summed E-state index contributed by atoms with van der Waals surface area (Å²) in [4.78, 5) is 3.06. The second-order valence-corrected chi connectivity index (χ2v) is 4.58. The molecule has 0 spiro atoms. The smallest absolute Gasteiger partial charge is 0.177 e. The van der Waals surface area contributed by atoms with Crippen LogP contribution in [0.15, 0.2) is 16.8 Å². The summed E-state index contributed by atoms with van der Waals surface area (Å²) in [7, 11) is 0. The Bertz CT molecular complexity index is 535. The number of aromatic nitrogens is 3. The number of aryl methyl sites for hydroxylation is 1. The quantitative estimate of drug-likeness (QED) is 0.835. The van der Waals surface area contributed by atoms with Crippen LogP contribution >= 0.6 is 12.2 Å². The average molecular weight is 237 g/mol. The molecule has 4 nitrogen and oxygen atoms in total. The fourth-order valence-electron chi connectivity index (χ4n) is 1.70. The second-order valence-electron chi connectivity index (χ2n) is 4.19. The van der Waals surface area contributed by atoms with E-state index in [1.54, 1.807) is 0 Å². The zero-order valence-electron chi connectivity index (χ0n) is 9.65. The van der Waals surface area contributed by atoms with Crippen LogP contribution in [0.5, 0.6) is 0 Å². The number of hydrogen-bond acceptors (Lipinski definition) is 3. The minimum atomic E-state index is 0.428. The van der Waals surface area contributed by atoms with Gasteiger partial charge in [0.15, 0.2) is 10.5 Å². The summed E-state index contributed by atoms with van der Waals surface area (Å²) in [5, 5.41) is 3.87. The second kappa shape index (κ2) is 4.25. The molecule has 0 radical (unpaired) electrons. The lowest BCUT2D eigenvalue weighted by molar-refractivity contribution is 0.370. The number of imidazole rings is 1. The Morgan fingerprint density at radius 2 is 2.31 bits per heavy atom. The predicted molar refractivity (Wildman–Crippen MR) is 64.0 cm³/mol. The predicted octanol–water partition coefficient (Wildman–Crippen LogP) is 3.01. The van der Waals surface area contributed by atoms with Crippen molar-refractivity contribution in [2.24, 2.45) is 0 Å². The van der Waals surface area contributed by atoms with Gasteiger partial charge in [-0.3, -0.25) is 0 Å². The van der Waals surface area contributed by atoms with Gasteiger partial charge in [0.05, 0.1) is 12.2 Å². The van der Waals surface area contributed by atoms with E-state index in [0.717, 1.165) is 16.2 Å². The van der Waals surface area contributed by atoms with Gasteiger partial charge in [0.2, 0.25) is 0 Å². The number of nitrogens with one attached hydrogen (secondary N) is 1. The fraction of sp³-hybridized carbons (Fsp3) is 0.455. The molecule has 2 rings (SSSR count). The lowest BCUT2D eigenvalue weighted by Gasteiger charge is -2.08. The van der Waals surface area contributed by atoms with Crippen molar-refractivity contribution in [2.45, 2.75) is 33.2 Å². The maximum Gasteiger partial charge on any atom is 0.177 e. The van der Waals surface area contributed by atoms with E-state index in [1.807, 2.05) is 23.8 Å². The molecule has 2 aromatic heterocycles. The first-order chi connectivity index (χ1) is 7.58. The van der Waals surface area contributed by atoms with E-state index in [2.05, 4.69) is 24.0 Å². The summed E-state index contributed by atoms with van der Waals surface area (Å²) < 4.78 is 7.96.